The molecule has 72 valence electrons. The fraction of sp³-hybridized carbons (Fsp3) is 0.900. The summed E-state index contributed by atoms with van der Waals surface area (Å²) in [5, 5.41) is 0. The molecular weight excluding hydrogens is 150 g/mol. The highest BCUT2D eigenvalue weighted by Gasteiger charge is 2.21. The van der Waals surface area contributed by atoms with Crippen molar-refractivity contribution in [3.63, 3.8) is 0 Å². The lowest BCUT2D eigenvalue weighted by molar-refractivity contribution is -0.124. The fourth-order valence-electron chi connectivity index (χ4n) is 1.23. The van der Waals surface area contributed by atoms with E-state index in [4.69, 9.17) is 5.73 Å². The third kappa shape index (κ3) is 3.35. The zero-order valence-corrected chi connectivity index (χ0v) is 8.63. The number of Topliss-reactive ketones (excluding diaryl/α,β-unsaturated/α-hetero) is 1. The van der Waals surface area contributed by atoms with Crippen LogP contribution in [-0.2, 0) is 4.79 Å². The molecule has 0 bridgehead atoms. The van der Waals surface area contributed by atoms with Gasteiger partial charge >= 0.3 is 0 Å². The van der Waals surface area contributed by atoms with Crippen LogP contribution in [0.25, 0.3) is 0 Å². The predicted molar refractivity (Wildman–Crippen MR) is 51.9 cm³/mol. The summed E-state index contributed by atoms with van der Waals surface area (Å²) in [4.78, 5) is 11.5. The van der Waals surface area contributed by atoms with E-state index in [1.807, 2.05) is 20.8 Å². The average Bonchev–Trinajstić information content (AvgIpc) is 2.02. The fourth-order valence-corrected chi connectivity index (χ4v) is 1.23. The molecule has 0 aromatic rings. The van der Waals surface area contributed by atoms with Crippen molar-refractivity contribution in [2.75, 3.05) is 0 Å². The van der Waals surface area contributed by atoms with Gasteiger partial charge in [-0.25, -0.2) is 0 Å². The standard InChI is InChI=1S/C10H21NO/c1-5-6-8(4)10(12)9(11)7(2)3/h7-9H,5-6,11H2,1-4H3. The van der Waals surface area contributed by atoms with Crippen LogP contribution in [0.2, 0.25) is 0 Å². The van der Waals surface area contributed by atoms with Gasteiger partial charge in [-0.05, 0) is 12.3 Å². The van der Waals surface area contributed by atoms with Gasteiger partial charge in [-0.1, -0.05) is 34.1 Å². The van der Waals surface area contributed by atoms with Crippen molar-refractivity contribution in [3.8, 4) is 0 Å². The van der Waals surface area contributed by atoms with Crippen molar-refractivity contribution in [3.05, 3.63) is 0 Å². The molecule has 0 amide bonds. The first-order chi connectivity index (χ1) is 5.50. The summed E-state index contributed by atoms with van der Waals surface area (Å²) < 4.78 is 0. The van der Waals surface area contributed by atoms with Gasteiger partial charge in [0.2, 0.25) is 0 Å². The van der Waals surface area contributed by atoms with E-state index in [9.17, 15) is 4.79 Å². The van der Waals surface area contributed by atoms with Crippen molar-refractivity contribution >= 4 is 5.78 Å². The van der Waals surface area contributed by atoms with Crippen LogP contribution in [0.15, 0.2) is 0 Å². The summed E-state index contributed by atoms with van der Waals surface area (Å²) in [5.41, 5.74) is 5.74. The molecule has 0 saturated heterocycles. The SMILES string of the molecule is CCCC(C)C(=O)C(N)C(C)C. The topological polar surface area (TPSA) is 43.1 Å². The number of carbonyl (C=O) groups excluding carboxylic acids is 1. The van der Waals surface area contributed by atoms with Gasteiger partial charge in [-0.2, -0.15) is 0 Å². The smallest absolute Gasteiger partial charge is 0.152 e. The Hall–Kier alpha value is -0.370. The summed E-state index contributed by atoms with van der Waals surface area (Å²) >= 11 is 0. The minimum atomic E-state index is -0.272. The Kier molecular flexibility index (Phi) is 5.14. The Morgan fingerprint density at radius 3 is 2.17 bits per heavy atom. The van der Waals surface area contributed by atoms with E-state index in [0.717, 1.165) is 12.8 Å². The van der Waals surface area contributed by atoms with Gasteiger partial charge in [0, 0.05) is 5.92 Å². The average molecular weight is 171 g/mol. The Morgan fingerprint density at radius 1 is 1.33 bits per heavy atom. The normalized spacial score (nSPS) is 16.2. The first-order valence-corrected chi connectivity index (χ1v) is 4.80. The molecule has 0 rings (SSSR count). The minimum absolute atomic E-state index is 0.132. The van der Waals surface area contributed by atoms with E-state index in [1.165, 1.54) is 0 Å². The van der Waals surface area contributed by atoms with E-state index >= 15 is 0 Å². The predicted octanol–water partition coefficient (Wildman–Crippen LogP) is 1.98. The zero-order chi connectivity index (χ0) is 9.72. The van der Waals surface area contributed by atoms with Gasteiger partial charge in [0.05, 0.1) is 6.04 Å². The third-order valence-electron chi connectivity index (χ3n) is 2.25. The molecule has 0 fully saturated rings. The van der Waals surface area contributed by atoms with E-state index in [2.05, 4.69) is 6.92 Å². The van der Waals surface area contributed by atoms with Gasteiger partial charge in [0.1, 0.15) is 0 Å². The molecule has 2 atom stereocenters. The van der Waals surface area contributed by atoms with Gasteiger partial charge in [-0.15, -0.1) is 0 Å². The van der Waals surface area contributed by atoms with E-state index in [-0.39, 0.29) is 23.7 Å². The van der Waals surface area contributed by atoms with Crippen LogP contribution in [0.5, 0.6) is 0 Å². The summed E-state index contributed by atoms with van der Waals surface area (Å²) in [7, 11) is 0. The molecule has 2 unspecified atom stereocenters. The number of nitrogens with two attached hydrogens (primary N) is 1. The molecule has 12 heavy (non-hydrogen) atoms. The molecule has 0 radical (unpaired) electrons. The van der Waals surface area contributed by atoms with Crippen molar-refractivity contribution in [1.29, 1.82) is 0 Å². The van der Waals surface area contributed by atoms with Crippen LogP contribution in [0.3, 0.4) is 0 Å². The molecule has 0 saturated carbocycles. The zero-order valence-electron chi connectivity index (χ0n) is 8.63. The maximum Gasteiger partial charge on any atom is 0.152 e. The van der Waals surface area contributed by atoms with Crippen LogP contribution in [-0.4, -0.2) is 11.8 Å². The largest absolute Gasteiger partial charge is 0.321 e. The molecule has 2 nitrogen and oxygen atoms in total. The van der Waals surface area contributed by atoms with Gasteiger partial charge in [-0.3, -0.25) is 4.79 Å². The Labute approximate surface area is 75.5 Å². The molecule has 0 aliphatic rings. The Balaban J connectivity index is 4.00. The lowest BCUT2D eigenvalue weighted by Gasteiger charge is -2.18. The van der Waals surface area contributed by atoms with Gasteiger partial charge < -0.3 is 5.73 Å². The highest BCUT2D eigenvalue weighted by Crippen LogP contribution is 2.11. The van der Waals surface area contributed by atoms with Crippen LogP contribution in [0, 0.1) is 11.8 Å². The number of rotatable bonds is 5. The van der Waals surface area contributed by atoms with Gasteiger partial charge in [0.15, 0.2) is 5.78 Å². The second-order valence-electron chi connectivity index (χ2n) is 3.86. The van der Waals surface area contributed by atoms with Crippen molar-refractivity contribution < 1.29 is 4.79 Å². The lowest BCUT2D eigenvalue weighted by atomic mass is 9.90. The number of ketones is 1. The molecule has 0 aliphatic heterocycles. The number of hydrogen-bond acceptors (Lipinski definition) is 2. The van der Waals surface area contributed by atoms with E-state index in [0.29, 0.717) is 0 Å². The first-order valence-electron chi connectivity index (χ1n) is 4.80. The summed E-state index contributed by atoms with van der Waals surface area (Å²) in [6.07, 6.45) is 2.01. The second kappa shape index (κ2) is 5.31. The second-order valence-corrected chi connectivity index (χ2v) is 3.86. The Morgan fingerprint density at radius 2 is 1.83 bits per heavy atom. The Bertz CT molecular complexity index is 143. The maximum absolute atomic E-state index is 11.5. The quantitative estimate of drug-likeness (QED) is 0.687. The van der Waals surface area contributed by atoms with Crippen molar-refractivity contribution in [2.24, 2.45) is 17.6 Å². The van der Waals surface area contributed by atoms with E-state index < -0.39 is 0 Å². The van der Waals surface area contributed by atoms with E-state index in [1.54, 1.807) is 0 Å². The van der Waals surface area contributed by atoms with Crippen LogP contribution < -0.4 is 5.73 Å². The maximum atomic E-state index is 11.5. The molecular formula is C10H21NO. The summed E-state index contributed by atoms with van der Waals surface area (Å²) in [6, 6.07) is -0.272. The lowest BCUT2D eigenvalue weighted by Crippen LogP contribution is -2.38. The molecule has 0 aliphatic carbocycles. The number of carbonyl (C=O) groups is 1. The first kappa shape index (κ1) is 11.6. The molecule has 0 aromatic heterocycles. The van der Waals surface area contributed by atoms with Crippen LogP contribution in [0.1, 0.15) is 40.5 Å². The molecule has 2 heteroatoms. The van der Waals surface area contributed by atoms with Crippen molar-refractivity contribution in [2.45, 2.75) is 46.6 Å². The van der Waals surface area contributed by atoms with Crippen LogP contribution in [0.4, 0.5) is 0 Å². The molecule has 0 spiro atoms. The van der Waals surface area contributed by atoms with Crippen molar-refractivity contribution in [1.82, 2.24) is 0 Å². The monoisotopic (exact) mass is 171 g/mol. The summed E-state index contributed by atoms with van der Waals surface area (Å²) in [5.74, 6) is 0.607. The minimum Gasteiger partial charge on any atom is -0.321 e. The highest BCUT2D eigenvalue weighted by molar-refractivity contribution is 5.85. The third-order valence-corrected chi connectivity index (χ3v) is 2.25. The van der Waals surface area contributed by atoms with Gasteiger partial charge in [0.25, 0.3) is 0 Å². The highest BCUT2D eigenvalue weighted by atomic mass is 16.1. The molecule has 2 N–H and O–H groups in total. The van der Waals surface area contributed by atoms with Crippen LogP contribution >= 0.6 is 0 Å². The number of hydrogen-bond donors (Lipinski definition) is 1. The molecule has 0 aromatic carbocycles. The summed E-state index contributed by atoms with van der Waals surface area (Å²) in [6.45, 7) is 8.03. The molecule has 0 heterocycles.